The van der Waals surface area contributed by atoms with E-state index in [9.17, 15) is 19.5 Å². The normalized spacial score (nSPS) is 14.6. The molecule has 7 nitrogen and oxygen atoms in total. The predicted octanol–water partition coefficient (Wildman–Crippen LogP) is -1.11. The highest BCUT2D eigenvalue weighted by molar-refractivity contribution is 6.40. The number of carbonyl (C=O) groups is 3. The largest absolute Gasteiger partial charge is 0.541 e. The minimum Gasteiger partial charge on any atom is -0.541 e. The highest BCUT2D eigenvalue weighted by Gasteiger charge is 2.17. The van der Waals surface area contributed by atoms with Crippen LogP contribution in [0.4, 0.5) is 5.69 Å². The zero-order valence-electron chi connectivity index (χ0n) is 11.3. The van der Waals surface area contributed by atoms with Crippen LogP contribution in [0, 0.1) is 0 Å². The molecule has 0 aliphatic carbocycles. The van der Waals surface area contributed by atoms with Crippen LogP contribution in [0.3, 0.4) is 0 Å². The summed E-state index contributed by atoms with van der Waals surface area (Å²) >= 11 is 0. The standard InChI is InChI=1S/C14H16N2O5/c17-12(16-5-7-21-8-6-16)9-15-11-4-2-1-3-10(11)13(18)14(19)20/h1-4,15H,5-9H2,(H,19,20)/p-1. The topological polar surface area (TPSA) is 98.8 Å². The number of carboxylic acid groups (broad SMARTS) is 1. The minimum atomic E-state index is -1.77. The summed E-state index contributed by atoms with van der Waals surface area (Å²) in [6, 6.07) is 6.11. The van der Waals surface area contributed by atoms with Crippen molar-refractivity contribution in [1.29, 1.82) is 0 Å². The van der Waals surface area contributed by atoms with Gasteiger partial charge in [0.1, 0.15) is 5.97 Å². The number of morpholine rings is 1. The molecule has 0 spiro atoms. The number of ether oxygens (including phenoxy) is 1. The molecule has 1 heterocycles. The average Bonchev–Trinajstić information content (AvgIpc) is 2.53. The predicted molar refractivity (Wildman–Crippen MR) is 71.7 cm³/mol. The molecule has 1 N–H and O–H groups in total. The van der Waals surface area contributed by atoms with Gasteiger partial charge in [0.2, 0.25) is 11.7 Å². The molecule has 21 heavy (non-hydrogen) atoms. The van der Waals surface area contributed by atoms with Crippen LogP contribution in [-0.2, 0) is 14.3 Å². The lowest BCUT2D eigenvalue weighted by Gasteiger charge is -2.27. The van der Waals surface area contributed by atoms with Crippen molar-refractivity contribution in [3.63, 3.8) is 0 Å². The number of carbonyl (C=O) groups excluding carboxylic acids is 3. The van der Waals surface area contributed by atoms with Crippen molar-refractivity contribution in [2.45, 2.75) is 0 Å². The van der Waals surface area contributed by atoms with Crippen LogP contribution >= 0.6 is 0 Å². The fraction of sp³-hybridized carbons (Fsp3) is 0.357. The quantitative estimate of drug-likeness (QED) is 0.545. The summed E-state index contributed by atoms with van der Waals surface area (Å²) in [7, 11) is 0. The molecule has 0 bridgehead atoms. The smallest absolute Gasteiger partial charge is 0.242 e. The van der Waals surface area contributed by atoms with Crippen molar-refractivity contribution in [3.05, 3.63) is 29.8 Å². The number of nitrogens with zero attached hydrogens (tertiary/aromatic N) is 1. The SMILES string of the molecule is O=C([O-])C(=O)c1ccccc1NCC(=O)N1CCOCC1. The Bertz CT molecular complexity index is 552. The molecule has 0 radical (unpaired) electrons. The summed E-state index contributed by atoms with van der Waals surface area (Å²) in [5, 5.41) is 13.5. The van der Waals surface area contributed by atoms with Crippen LogP contribution in [-0.4, -0.2) is 55.4 Å². The van der Waals surface area contributed by atoms with Gasteiger partial charge in [-0.1, -0.05) is 12.1 Å². The number of anilines is 1. The maximum Gasteiger partial charge on any atom is 0.242 e. The fourth-order valence-electron chi connectivity index (χ4n) is 2.04. The molecule has 2 rings (SSSR count). The van der Waals surface area contributed by atoms with E-state index in [0.717, 1.165) is 0 Å². The van der Waals surface area contributed by atoms with Gasteiger partial charge in [-0.3, -0.25) is 9.59 Å². The van der Waals surface area contributed by atoms with Gasteiger partial charge in [0.05, 0.1) is 19.8 Å². The van der Waals surface area contributed by atoms with Crippen LogP contribution in [0.1, 0.15) is 10.4 Å². The second-order valence-electron chi connectivity index (χ2n) is 4.51. The molecule has 1 saturated heterocycles. The van der Waals surface area contributed by atoms with E-state index in [1.165, 1.54) is 6.07 Å². The van der Waals surface area contributed by atoms with E-state index in [1.54, 1.807) is 23.1 Å². The lowest BCUT2D eigenvalue weighted by Crippen LogP contribution is -2.43. The zero-order chi connectivity index (χ0) is 15.2. The number of rotatable bonds is 5. The second-order valence-corrected chi connectivity index (χ2v) is 4.51. The van der Waals surface area contributed by atoms with E-state index in [0.29, 0.717) is 32.0 Å². The lowest BCUT2D eigenvalue weighted by molar-refractivity contribution is -0.296. The van der Waals surface area contributed by atoms with Gasteiger partial charge in [-0.05, 0) is 12.1 Å². The first-order valence-electron chi connectivity index (χ1n) is 6.53. The maximum atomic E-state index is 12.0. The third-order valence-electron chi connectivity index (χ3n) is 3.15. The molecule has 1 fully saturated rings. The first-order valence-corrected chi connectivity index (χ1v) is 6.53. The van der Waals surface area contributed by atoms with Gasteiger partial charge in [-0.15, -0.1) is 0 Å². The fourth-order valence-corrected chi connectivity index (χ4v) is 2.04. The molecule has 7 heteroatoms. The second kappa shape index (κ2) is 6.85. The Balaban J connectivity index is 2.01. The number of nitrogens with one attached hydrogen (secondary N) is 1. The van der Waals surface area contributed by atoms with E-state index >= 15 is 0 Å². The molecule has 1 aromatic rings. The van der Waals surface area contributed by atoms with Gasteiger partial charge < -0.3 is 24.9 Å². The van der Waals surface area contributed by atoms with Gasteiger partial charge in [-0.2, -0.15) is 0 Å². The summed E-state index contributed by atoms with van der Waals surface area (Å²) in [6.45, 7) is 2.05. The van der Waals surface area contributed by atoms with Crippen molar-refractivity contribution in [2.24, 2.45) is 0 Å². The number of para-hydroxylation sites is 1. The number of amides is 1. The number of benzene rings is 1. The lowest BCUT2D eigenvalue weighted by atomic mass is 10.1. The Morgan fingerprint density at radius 2 is 1.86 bits per heavy atom. The third-order valence-corrected chi connectivity index (χ3v) is 3.15. The van der Waals surface area contributed by atoms with Crippen LogP contribution < -0.4 is 10.4 Å². The highest BCUT2D eigenvalue weighted by Crippen LogP contribution is 2.15. The Kier molecular flexibility index (Phi) is 4.89. The number of hydrogen-bond acceptors (Lipinski definition) is 6. The monoisotopic (exact) mass is 291 g/mol. The highest BCUT2D eigenvalue weighted by atomic mass is 16.5. The molecule has 1 aliphatic heterocycles. The zero-order valence-corrected chi connectivity index (χ0v) is 11.3. The molecule has 1 amide bonds. The van der Waals surface area contributed by atoms with E-state index in [1.807, 2.05) is 0 Å². The van der Waals surface area contributed by atoms with Gasteiger partial charge in [0, 0.05) is 24.3 Å². The Hall–Kier alpha value is -2.41. The van der Waals surface area contributed by atoms with Gasteiger partial charge in [-0.25, -0.2) is 0 Å². The minimum absolute atomic E-state index is 0.0165. The van der Waals surface area contributed by atoms with Crippen molar-refractivity contribution < 1.29 is 24.2 Å². The molecule has 1 aliphatic rings. The molecular formula is C14H15N2O5-. The van der Waals surface area contributed by atoms with E-state index in [2.05, 4.69) is 5.32 Å². The Morgan fingerprint density at radius 3 is 2.52 bits per heavy atom. The van der Waals surface area contributed by atoms with Crippen molar-refractivity contribution >= 4 is 23.3 Å². The van der Waals surface area contributed by atoms with Crippen LogP contribution in [0.2, 0.25) is 0 Å². The molecule has 0 saturated carbocycles. The first-order chi connectivity index (χ1) is 10.1. The summed E-state index contributed by atoms with van der Waals surface area (Å²) in [5.41, 5.74) is 0.278. The molecule has 1 aromatic carbocycles. The van der Waals surface area contributed by atoms with Crippen molar-refractivity contribution in [3.8, 4) is 0 Å². The molecular weight excluding hydrogens is 276 g/mol. The molecule has 112 valence electrons. The number of hydrogen-bond donors (Lipinski definition) is 1. The van der Waals surface area contributed by atoms with Crippen LogP contribution in [0.5, 0.6) is 0 Å². The van der Waals surface area contributed by atoms with Crippen molar-refractivity contribution in [1.82, 2.24) is 4.90 Å². The number of Topliss-reactive ketones (excluding diaryl/α,β-unsaturated/α-hetero) is 1. The molecule has 0 aromatic heterocycles. The van der Waals surface area contributed by atoms with E-state index < -0.39 is 11.8 Å². The van der Waals surface area contributed by atoms with Gasteiger partial charge in [0.15, 0.2) is 0 Å². The van der Waals surface area contributed by atoms with E-state index in [4.69, 9.17) is 4.74 Å². The Morgan fingerprint density at radius 1 is 1.19 bits per heavy atom. The number of ketones is 1. The van der Waals surface area contributed by atoms with Crippen LogP contribution in [0.15, 0.2) is 24.3 Å². The number of aliphatic carboxylic acids is 1. The summed E-state index contributed by atoms with van der Waals surface area (Å²) in [6.07, 6.45) is 0. The third kappa shape index (κ3) is 3.79. The first kappa shape index (κ1) is 15.0. The average molecular weight is 291 g/mol. The van der Waals surface area contributed by atoms with Gasteiger partial charge >= 0.3 is 0 Å². The maximum absolute atomic E-state index is 12.0. The number of carboxylic acids is 1. The molecule has 0 unspecified atom stereocenters. The molecule has 0 atom stereocenters. The van der Waals surface area contributed by atoms with E-state index in [-0.39, 0.29) is 18.0 Å². The van der Waals surface area contributed by atoms with Crippen molar-refractivity contribution in [2.75, 3.05) is 38.2 Å². The van der Waals surface area contributed by atoms with Gasteiger partial charge in [0.25, 0.3) is 0 Å². The van der Waals surface area contributed by atoms with Crippen LogP contribution in [0.25, 0.3) is 0 Å². The summed E-state index contributed by atoms with van der Waals surface area (Å²) in [4.78, 5) is 35.8. The Labute approximate surface area is 121 Å². The summed E-state index contributed by atoms with van der Waals surface area (Å²) < 4.78 is 5.16. The summed E-state index contributed by atoms with van der Waals surface area (Å²) in [5.74, 6) is -3.02.